The first-order chi connectivity index (χ1) is 8.67. The van der Waals surface area contributed by atoms with Gasteiger partial charge >= 0.3 is 0 Å². The summed E-state index contributed by atoms with van der Waals surface area (Å²) in [5.41, 5.74) is 0.0488. The van der Waals surface area contributed by atoms with Crippen molar-refractivity contribution in [2.24, 2.45) is 0 Å². The van der Waals surface area contributed by atoms with Crippen LogP contribution >= 0.6 is 0 Å². The normalized spacial score (nSPS) is 11.7. The molecular weight excluding hydrogens is 230 g/mol. The van der Waals surface area contributed by atoms with Crippen LogP contribution in [0.4, 0.5) is 0 Å². The van der Waals surface area contributed by atoms with Gasteiger partial charge in [0.15, 0.2) is 0 Å². The van der Waals surface area contributed by atoms with Gasteiger partial charge in [0, 0.05) is 18.0 Å². The zero-order valence-corrected chi connectivity index (χ0v) is 10.6. The summed E-state index contributed by atoms with van der Waals surface area (Å²) in [6, 6.07) is 3.70. The fourth-order valence-corrected chi connectivity index (χ4v) is 1.66. The molecule has 2 rings (SSSR count). The third-order valence-corrected chi connectivity index (χ3v) is 3.12. The van der Waals surface area contributed by atoms with Gasteiger partial charge in [-0.3, -0.25) is 4.98 Å². The Morgan fingerprint density at radius 1 is 1.33 bits per heavy atom. The van der Waals surface area contributed by atoms with Crippen LogP contribution in [0.15, 0.2) is 24.5 Å². The number of tetrazole rings is 1. The van der Waals surface area contributed by atoms with E-state index in [9.17, 15) is 5.11 Å². The molecule has 2 aromatic heterocycles. The Morgan fingerprint density at radius 3 is 2.72 bits per heavy atom. The van der Waals surface area contributed by atoms with Crippen molar-refractivity contribution in [1.82, 2.24) is 25.2 Å². The van der Waals surface area contributed by atoms with Gasteiger partial charge in [0.05, 0.1) is 12.1 Å². The second-order valence-corrected chi connectivity index (χ2v) is 4.32. The predicted molar refractivity (Wildman–Crippen MR) is 66.6 cm³/mol. The van der Waals surface area contributed by atoms with E-state index in [4.69, 9.17) is 0 Å². The van der Waals surface area contributed by atoms with Crippen molar-refractivity contribution in [3.63, 3.8) is 0 Å². The smallest absolute Gasteiger partial charge is 0.206 e. The van der Waals surface area contributed by atoms with Crippen molar-refractivity contribution in [2.75, 3.05) is 0 Å². The number of rotatable bonds is 5. The van der Waals surface area contributed by atoms with Gasteiger partial charge in [0.25, 0.3) is 0 Å². The second kappa shape index (κ2) is 5.22. The van der Waals surface area contributed by atoms with Crippen LogP contribution in [0.25, 0.3) is 11.4 Å². The summed E-state index contributed by atoms with van der Waals surface area (Å²) in [6.45, 7) is 4.25. The summed E-state index contributed by atoms with van der Waals surface area (Å²) >= 11 is 0. The Hall–Kier alpha value is -1.82. The zero-order chi connectivity index (χ0) is 13.0. The van der Waals surface area contributed by atoms with Crippen molar-refractivity contribution in [2.45, 2.75) is 38.8 Å². The van der Waals surface area contributed by atoms with Gasteiger partial charge in [-0.2, -0.15) is 4.80 Å². The lowest BCUT2D eigenvalue weighted by Crippen LogP contribution is -2.33. The highest BCUT2D eigenvalue weighted by atomic mass is 16.3. The highest BCUT2D eigenvalue weighted by molar-refractivity contribution is 5.51. The lowest BCUT2D eigenvalue weighted by Gasteiger charge is -2.23. The van der Waals surface area contributed by atoms with E-state index in [0.29, 0.717) is 25.2 Å². The highest BCUT2D eigenvalue weighted by Gasteiger charge is 2.24. The van der Waals surface area contributed by atoms with Crippen LogP contribution in [0, 0.1) is 0 Å². The minimum Gasteiger partial charge on any atom is -0.388 e. The Labute approximate surface area is 106 Å². The monoisotopic (exact) mass is 247 g/mol. The van der Waals surface area contributed by atoms with Gasteiger partial charge < -0.3 is 5.11 Å². The molecule has 6 nitrogen and oxygen atoms in total. The van der Waals surface area contributed by atoms with E-state index in [1.54, 1.807) is 12.4 Å². The van der Waals surface area contributed by atoms with E-state index in [2.05, 4.69) is 20.4 Å². The first kappa shape index (κ1) is 12.6. The molecule has 6 heteroatoms. The van der Waals surface area contributed by atoms with Crippen LogP contribution in [0.1, 0.15) is 26.7 Å². The molecule has 0 radical (unpaired) electrons. The molecule has 0 bridgehead atoms. The van der Waals surface area contributed by atoms with Crippen LogP contribution in [0.5, 0.6) is 0 Å². The molecule has 0 saturated heterocycles. The van der Waals surface area contributed by atoms with E-state index in [-0.39, 0.29) is 0 Å². The average molecular weight is 247 g/mol. The number of hydrogen-bond donors (Lipinski definition) is 1. The maximum atomic E-state index is 10.2. The quantitative estimate of drug-likeness (QED) is 0.861. The third kappa shape index (κ3) is 2.70. The Kier molecular flexibility index (Phi) is 3.66. The molecule has 1 N–H and O–H groups in total. The molecule has 0 aliphatic carbocycles. The minimum atomic E-state index is -0.771. The van der Waals surface area contributed by atoms with Crippen molar-refractivity contribution in [3.05, 3.63) is 24.5 Å². The molecule has 0 aliphatic rings. The summed E-state index contributed by atoms with van der Waals surface area (Å²) in [5.74, 6) is 0.526. The average Bonchev–Trinajstić information content (AvgIpc) is 2.88. The number of pyridine rings is 1. The molecule has 0 unspecified atom stereocenters. The standard InChI is InChI=1S/C12H17N5O/c1-3-12(18,4-2)9-17-15-11(14-16-17)10-6-5-7-13-8-10/h5-8,18H,3-4,9H2,1-2H3. The van der Waals surface area contributed by atoms with Crippen molar-refractivity contribution >= 4 is 0 Å². The van der Waals surface area contributed by atoms with E-state index in [1.807, 2.05) is 26.0 Å². The first-order valence-electron chi connectivity index (χ1n) is 6.07. The third-order valence-electron chi connectivity index (χ3n) is 3.12. The summed E-state index contributed by atoms with van der Waals surface area (Å²) in [6.07, 6.45) is 4.70. The maximum Gasteiger partial charge on any atom is 0.206 e. The molecule has 0 atom stereocenters. The van der Waals surface area contributed by atoms with Crippen molar-refractivity contribution < 1.29 is 5.11 Å². The molecular formula is C12H17N5O. The molecule has 0 aliphatic heterocycles. The lowest BCUT2D eigenvalue weighted by molar-refractivity contribution is 0.00764. The zero-order valence-electron chi connectivity index (χ0n) is 10.6. The molecule has 0 fully saturated rings. The van der Waals surface area contributed by atoms with Crippen LogP contribution in [0.2, 0.25) is 0 Å². The van der Waals surface area contributed by atoms with Crippen molar-refractivity contribution in [1.29, 1.82) is 0 Å². The summed E-state index contributed by atoms with van der Waals surface area (Å²) in [7, 11) is 0. The summed E-state index contributed by atoms with van der Waals surface area (Å²) < 4.78 is 0. The highest BCUT2D eigenvalue weighted by Crippen LogP contribution is 2.17. The summed E-state index contributed by atoms with van der Waals surface area (Å²) in [5, 5.41) is 22.4. The van der Waals surface area contributed by atoms with Gasteiger partial charge in [-0.15, -0.1) is 10.2 Å². The van der Waals surface area contributed by atoms with Gasteiger partial charge in [0.2, 0.25) is 5.82 Å². The van der Waals surface area contributed by atoms with Gasteiger partial charge in [-0.1, -0.05) is 13.8 Å². The molecule has 0 saturated carbocycles. The van der Waals surface area contributed by atoms with Gasteiger partial charge in [-0.05, 0) is 30.2 Å². The van der Waals surface area contributed by atoms with Crippen LogP contribution in [0.3, 0.4) is 0 Å². The number of aliphatic hydroxyl groups is 1. The van der Waals surface area contributed by atoms with Gasteiger partial charge in [0.1, 0.15) is 0 Å². The van der Waals surface area contributed by atoms with E-state index in [0.717, 1.165) is 5.56 Å². The minimum absolute atomic E-state index is 0.354. The largest absolute Gasteiger partial charge is 0.388 e. The molecule has 96 valence electrons. The Balaban J connectivity index is 2.16. The molecule has 2 heterocycles. The van der Waals surface area contributed by atoms with Crippen LogP contribution < -0.4 is 0 Å². The van der Waals surface area contributed by atoms with E-state index in [1.165, 1.54) is 4.80 Å². The number of hydrogen-bond acceptors (Lipinski definition) is 5. The van der Waals surface area contributed by atoms with E-state index < -0.39 is 5.60 Å². The predicted octanol–water partition coefficient (Wildman–Crippen LogP) is 1.29. The second-order valence-electron chi connectivity index (χ2n) is 4.32. The van der Waals surface area contributed by atoms with Crippen LogP contribution in [-0.2, 0) is 6.54 Å². The number of nitrogens with zero attached hydrogens (tertiary/aromatic N) is 5. The molecule has 2 aromatic rings. The fraction of sp³-hybridized carbons (Fsp3) is 0.500. The van der Waals surface area contributed by atoms with E-state index >= 15 is 0 Å². The van der Waals surface area contributed by atoms with Gasteiger partial charge in [-0.25, -0.2) is 0 Å². The fourth-order valence-electron chi connectivity index (χ4n) is 1.66. The molecule has 0 spiro atoms. The maximum absolute atomic E-state index is 10.2. The SMILES string of the molecule is CCC(O)(CC)Cn1nnc(-c2cccnc2)n1. The summed E-state index contributed by atoms with van der Waals surface area (Å²) in [4.78, 5) is 5.45. The molecule has 0 aromatic carbocycles. The number of aromatic nitrogens is 5. The topological polar surface area (TPSA) is 76.7 Å². The lowest BCUT2D eigenvalue weighted by atomic mass is 9.98. The molecule has 0 amide bonds. The van der Waals surface area contributed by atoms with Crippen LogP contribution in [-0.4, -0.2) is 35.9 Å². The van der Waals surface area contributed by atoms with Crippen molar-refractivity contribution in [3.8, 4) is 11.4 Å². The first-order valence-corrected chi connectivity index (χ1v) is 6.07. The molecule has 18 heavy (non-hydrogen) atoms. The Morgan fingerprint density at radius 2 is 2.11 bits per heavy atom. The Bertz CT molecular complexity index is 492.